The Labute approximate surface area is 99.9 Å². The zero-order valence-corrected chi connectivity index (χ0v) is 10.7. The topological polar surface area (TPSA) is 35.8 Å². The molecule has 4 heteroatoms. The van der Waals surface area contributed by atoms with Crippen LogP contribution in [0, 0.1) is 11.3 Å². The van der Waals surface area contributed by atoms with Crippen molar-refractivity contribution in [2.75, 3.05) is 6.54 Å². The molecule has 1 heterocycles. The smallest absolute Gasteiger partial charge is 0.0931 e. The number of hydrogen-bond acceptors (Lipinski definition) is 3. The van der Waals surface area contributed by atoms with Crippen LogP contribution < -0.4 is 5.32 Å². The van der Waals surface area contributed by atoms with E-state index >= 15 is 0 Å². The lowest BCUT2D eigenvalue weighted by atomic mass is 9.91. The fourth-order valence-corrected chi connectivity index (χ4v) is 2.36. The van der Waals surface area contributed by atoms with Gasteiger partial charge in [-0.3, -0.25) is 0 Å². The van der Waals surface area contributed by atoms with Crippen molar-refractivity contribution in [1.29, 1.82) is 5.26 Å². The predicted octanol–water partition coefficient (Wildman–Crippen LogP) is 3.18. The van der Waals surface area contributed by atoms with E-state index in [2.05, 4.69) is 25.2 Å². The molecule has 0 aromatic carbocycles. The van der Waals surface area contributed by atoms with Gasteiger partial charge in [0.25, 0.3) is 0 Å². The number of nitrogens with zero attached hydrogens (tertiary/aromatic N) is 1. The average molecular weight is 243 g/mol. The third-order valence-corrected chi connectivity index (χ3v) is 3.88. The number of thiophene rings is 1. The van der Waals surface area contributed by atoms with Gasteiger partial charge in [0.15, 0.2) is 0 Å². The van der Waals surface area contributed by atoms with Crippen LogP contribution in [0.3, 0.4) is 0 Å². The van der Waals surface area contributed by atoms with Crippen molar-refractivity contribution in [2.24, 2.45) is 0 Å². The van der Waals surface area contributed by atoms with Crippen LogP contribution in [0.4, 0.5) is 0 Å². The first-order chi connectivity index (χ1) is 6.95. The quantitative estimate of drug-likeness (QED) is 0.880. The molecule has 0 saturated heterocycles. The normalized spacial score (nSPS) is 13.5. The van der Waals surface area contributed by atoms with Gasteiger partial charge in [0, 0.05) is 16.8 Å². The first-order valence-electron chi connectivity index (χ1n) is 4.84. The van der Waals surface area contributed by atoms with Crippen molar-refractivity contribution in [3.05, 3.63) is 21.3 Å². The van der Waals surface area contributed by atoms with E-state index < -0.39 is 0 Å². The van der Waals surface area contributed by atoms with Crippen molar-refractivity contribution >= 4 is 22.9 Å². The standard InChI is InChI=1S/C11H15ClN2S/c1-8(6-13)14-7-11(2,3)9-4-5-10(12)15-9/h4-5,8,14H,7H2,1-3H3. The van der Waals surface area contributed by atoms with Gasteiger partial charge in [0.05, 0.1) is 16.4 Å². The van der Waals surface area contributed by atoms with Crippen LogP contribution in [-0.4, -0.2) is 12.6 Å². The third kappa shape index (κ3) is 3.49. The second-order valence-corrected chi connectivity index (χ2v) is 5.93. The van der Waals surface area contributed by atoms with E-state index in [0.717, 1.165) is 10.9 Å². The molecule has 15 heavy (non-hydrogen) atoms. The molecular weight excluding hydrogens is 228 g/mol. The maximum Gasteiger partial charge on any atom is 0.0931 e. The van der Waals surface area contributed by atoms with Crippen LogP contribution in [0.2, 0.25) is 4.34 Å². The summed E-state index contributed by atoms with van der Waals surface area (Å²) in [5.74, 6) is 0. The van der Waals surface area contributed by atoms with E-state index in [-0.39, 0.29) is 11.5 Å². The Morgan fingerprint density at radius 3 is 2.73 bits per heavy atom. The van der Waals surface area contributed by atoms with Crippen LogP contribution in [-0.2, 0) is 5.41 Å². The Morgan fingerprint density at radius 1 is 1.60 bits per heavy atom. The van der Waals surface area contributed by atoms with Gasteiger partial charge < -0.3 is 5.32 Å². The van der Waals surface area contributed by atoms with E-state index in [1.807, 2.05) is 19.1 Å². The number of nitrogens with one attached hydrogen (secondary N) is 1. The summed E-state index contributed by atoms with van der Waals surface area (Å²) < 4.78 is 0.811. The lowest BCUT2D eigenvalue weighted by Crippen LogP contribution is -2.36. The fourth-order valence-electron chi connectivity index (χ4n) is 1.22. The number of rotatable bonds is 4. The van der Waals surface area contributed by atoms with Gasteiger partial charge in [0.2, 0.25) is 0 Å². The third-order valence-electron chi connectivity index (χ3n) is 2.28. The molecule has 0 spiro atoms. The summed E-state index contributed by atoms with van der Waals surface area (Å²) in [6, 6.07) is 6.01. The maximum absolute atomic E-state index is 8.68. The Balaban J connectivity index is 2.64. The minimum Gasteiger partial charge on any atom is -0.301 e. The summed E-state index contributed by atoms with van der Waals surface area (Å²) in [6.45, 7) is 6.93. The van der Waals surface area contributed by atoms with Crippen LogP contribution in [0.15, 0.2) is 12.1 Å². The highest BCUT2D eigenvalue weighted by Crippen LogP contribution is 2.31. The molecule has 0 bridgehead atoms. The summed E-state index contributed by atoms with van der Waals surface area (Å²) in [7, 11) is 0. The van der Waals surface area contributed by atoms with Gasteiger partial charge in [-0.1, -0.05) is 25.4 Å². The summed E-state index contributed by atoms with van der Waals surface area (Å²) in [5, 5.41) is 11.9. The zero-order valence-electron chi connectivity index (χ0n) is 9.17. The number of hydrogen-bond donors (Lipinski definition) is 1. The summed E-state index contributed by atoms with van der Waals surface area (Å²) in [4.78, 5) is 1.24. The van der Waals surface area contributed by atoms with Crippen LogP contribution in [0.5, 0.6) is 0 Å². The van der Waals surface area contributed by atoms with E-state index in [4.69, 9.17) is 16.9 Å². The molecule has 0 saturated carbocycles. The Hall–Kier alpha value is -0.560. The van der Waals surface area contributed by atoms with Crippen LogP contribution in [0.1, 0.15) is 25.6 Å². The second-order valence-electron chi connectivity index (χ2n) is 4.22. The van der Waals surface area contributed by atoms with Crippen molar-refractivity contribution in [3.8, 4) is 6.07 Å². The molecule has 1 atom stereocenters. The molecule has 1 rings (SSSR count). The highest BCUT2D eigenvalue weighted by Gasteiger charge is 2.22. The Bertz CT molecular complexity index is 365. The van der Waals surface area contributed by atoms with Gasteiger partial charge in [0.1, 0.15) is 0 Å². The van der Waals surface area contributed by atoms with E-state index in [1.54, 1.807) is 11.3 Å². The van der Waals surface area contributed by atoms with Gasteiger partial charge in [-0.05, 0) is 19.1 Å². The van der Waals surface area contributed by atoms with Gasteiger partial charge >= 0.3 is 0 Å². The molecule has 1 N–H and O–H groups in total. The molecule has 1 aromatic rings. The molecule has 0 amide bonds. The minimum atomic E-state index is -0.111. The molecule has 1 unspecified atom stereocenters. The lowest BCUT2D eigenvalue weighted by molar-refractivity contribution is 0.464. The van der Waals surface area contributed by atoms with Crippen molar-refractivity contribution in [3.63, 3.8) is 0 Å². The highest BCUT2D eigenvalue weighted by atomic mass is 35.5. The first kappa shape index (κ1) is 12.5. The van der Waals surface area contributed by atoms with E-state index in [9.17, 15) is 0 Å². The Kier molecular flexibility index (Phi) is 4.15. The largest absolute Gasteiger partial charge is 0.301 e. The lowest BCUT2D eigenvalue weighted by Gasteiger charge is -2.24. The average Bonchev–Trinajstić information content (AvgIpc) is 2.62. The van der Waals surface area contributed by atoms with Crippen molar-refractivity contribution in [1.82, 2.24) is 5.32 Å². The molecule has 0 radical (unpaired) electrons. The summed E-state index contributed by atoms with van der Waals surface area (Å²) >= 11 is 7.50. The molecule has 0 aliphatic heterocycles. The zero-order chi connectivity index (χ0) is 11.5. The van der Waals surface area contributed by atoms with Crippen molar-refractivity contribution in [2.45, 2.75) is 32.2 Å². The SMILES string of the molecule is CC(C#N)NCC(C)(C)c1ccc(Cl)s1. The Morgan fingerprint density at radius 2 is 2.27 bits per heavy atom. The minimum absolute atomic E-state index is 0.0168. The predicted molar refractivity (Wildman–Crippen MR) is 65.4 cm³/mol. The molecular formula is C11H15ClN2S. The fraction of sp³-hybridized carbons (Fsp3) is 0.545. The number of nitriles is 1. The van der Waals surface area contributed by atoms with Crippen LogP contribution in [0.25, 0.3) is 0 Å². The first-order valence-corrected chi connectivity index (χ1v) is 6.04. The number of halogens is 1. The van der Waals surface area contributed by atoms with Gasteiger partial charge in [-0.2, -0.15) is 5.26 Å². The summed E-state index contributed by atoms with van der Waals surface area (Å²) in [5.41, 5.74) is 0.0168. The van der Waals surface area contributed by atoms with E-state index in [1.165, 1.54) is 4.88 Å². The second kappa shape index (κ2) is 4.98. The van der Waals surface area contributed by atoms with Gasteiger partial charge in [-0.15, -0.1) is 11.3 Å². The highest BCUT2D eigenvalue weighted by molar-refractivity contribution is 7.16. The molecule has 0 aliphatic carbocycles. The van der Waals surface area contributed by atoms with Crippen LogP contribution >= 0.6 is 22.9 Å². The molecule has 0 fully saturated rings. The monoisotopic (exact) mass is 242 g/mol. The van der Waals surface area contributed by atoms with Gasteiger partial charge in [-0.25, -0.2) is 0 Å². The summed E-state index contributed by atoms with van der Waals surface area (Å²) in [6.07, 6.45) is 0. The molecule has 1 aromatic heterocycles. The van der Waals surface area contributed by atoms with E-state index in [0.29, 0.717) is 0 Å². The molecule has 2 nitrogen and oxygen atoms in total. The molecule has 0 aliphatic rings. The maximum atomic E-state index is 8.68. The molecule has 82 valence electrons. The van der Waals surface area contributed by atoms with Crippen molar-refractivity contribution < 1.29 is 0 Å².